The summed E-state index contributed by atoms with van der Waals surface area (Å²) in [4.78, 5) is 12.0. The van der Waals surface area contributed by atoms with E-state index in [1.165, 1.54) is 0 Å². The fourth-order valence-electron chi connectivity index (χ4n) is 2.10. The molecule has 0 radical (unpaired) electrons. The highest BCUT2D eigenvalue weighted by Crippen LogP contribution is 2.32. The molecule has 0 atom stereocenters. The van der Waals surface area contributed by atoms with Crippen LogP contribution in [-0.4, -0.2) is 18.6 Å². The quantitative estimate of drug-likeness (QED) is 0.919. The maximum absolute atomic E-state index is 12.0. The molecule has 0 unspecified atom stereocenters. The van der Waals surface area contributed by atoms with Crippen molar-refractivity contribution in [3.05, 3.63) is 29.3 Å². The first-order valence-corrected chi connectivity index (χ1v) is 7.01. The third-order valence-electron chi connectivity index (χ3n) is 2.95. The number of ether oxygens (including phenoxy) is 1. The average molecular weight is 277 g/mol. The van der Waals surface area contributed by atoms with Crippen LogP contribution in [0.15, 0.2) is 18.2 Å². The lowest BCUT2D eigenvalue weighted by Crippen LogP contribution is -2.41. The van der Waals surface area contributed by atoms with Crippen molar-refractivity contribution in [2.45, 2.75) is 58.9 Å². The second kappa shape index (κ2) is 5.86. The molecule has 0 aliphatic carbocycles. The number of rotatable bonds is 3. The van der Waals surface area contributed by atoms with Crippen LogP contribution in [0.2, 0.25) is 0 Å². The number of hydrogen-bond acceptors (Lipinski definition) is 2. The number of methoxy groups -OCH3 is 1. The lowest BCUT2D eigenvalue weighted by molar-refractivity contribution is -0.121. The fraction of sp³-hybridized carbons (Fsp3) is 0.588. The molecular formula is C17H27NO2. The largest absolute Gasteiger partial charge is 0.496 e. The van der Waals surface area contributed by atoms with Crippen molar-refractivity contribution in [1.82, 2.24) is 5.32 Å². The Bertz CT molecular complexity index is 479. The van der Waals surface area contributed by atoms with Gasteiger partial charge in [0.1, 0.15) is 5.75 Å². The van der Waals surface area contributed by atoms with E-state index >= 15 is 0 Å². The summed E-state index contributed by atoms with van der Waals surface area (Å²) < 4.78 is 5.41. The molecule has 1 N–H and O–H groups in total. The van der Waals surface area contributed by atoms with Crippen molar-refractivity contribution in [3.63, 3.8) is 0 Å². The summed E-state index contributed by atoms with van der Waals surface area (Å²) in [5.41, 5.74) is 1.93. The van der Waals surface area contributed by atoms with E-state index in [2.05, 4.69) is 32.2 Å². The van der Waals surface area contributed by atoms with Gasteiger partial charge in [0.2, 0.25) is 5.91 Å². The third kappa shape index (κ3) is 4.87. The van der Waals surface area contributed by atoms with E-state index in [1.54, 1.807) is 7.11 Å². The standard InChI is InChI=1S/C17H27NO2/c1-16(2,3)13-10-12(8-9-14(13)20-7)11-15(19)18-17(4,5)6/h8-10H,11H2,1-7H3,(H,18,19). The molecule has 0 aliphatic rings. The minimum Gasteiger partial charge on any atom is -0.496 e. The number of benzene rings is 1. The zero-order chi connectivity index (χ0) is 15.6. The predicted octanol–water partition coefficient (Wildman–Crippen LogP) is 3.45. The fourth-order valence-corrected chi connectivity index (χ4v) is 2.10. The van der Waals surface area contributed by atoms with Gasteiger partial charge in [0, 0.05) is 5.54 Å². The molecule has 0 saturated carbocycles. The summed E-state index contributed by atoms with van der Waals surface area (Å²) in [5.74, 6) is 0.917. The number of carbonyl (C=O) groups is 1. The number of hydrogen-bond donors (Lipinski definition) is 1. The molecule has 0 bridgehead atoms. The lowest BCUT2D eigenvalue weighted by Gasteiger charge is -2.24. The van der Waals surface area contributed by atoms with Crippen LogP contribution in [0.4, 0.5) is 0 Å². The van der Waals surface area contributed by atoms with Gasteiger partial charge in [-0.05, 0) is 43.4 Å². The molecule has 20 heavy (non-hydrogen) atoms. The van der Waals surface area contributed by atoms with E-state index < -0.39 is 0 Å². The molecule has 112 valence electrons. The van der Waals surface area contributed by atoms with Crippen LogP contribution >= 0.6 is 0 Å². The normalized spacial score (nSPS) is 12.2. The Morgan fingerprint density at radius 1 is 1.15 bits per heavy atom. The highest BCUT2D eigenvalue weighted by Gasteiger charge is 2.20. The molecule has 0 saturated heterocycles. The first-order valence-electron chi connectivity index (χ1n) is 7.01. The monoisotopic (exact) mass is 277 g/mol. The summed E-state index contributed by atoms with van der Waals surface area (Å²) in [7, 11) is 1.68. The van der Waals surface area contributed by atoms with Crippen molar-refractivity contribution in [1.29, 1.82) is 0 Å². The number of amides is 1. The van der Waals surface area contributed by atoms with Gasteiger partial charge in [-0.1, -0.05) is 32.9 Å². The first-order chi connectivity index (χ1) is 9.03. The Kier molecular flexibility index (Phi) is 4.85. The molecule has 0 heterocycles. The second-order valence-corrected chi connectivity index (χ2v) is 7.26. The zero-order valence-corrected chi connectivity index (χ0v) is 13.8. The van der Waals surface area contributed by atoms with Gasteiger partial charge in [-0.2, -0.15) is 0 Å². The van der Waals surface area contributed by atoms with E-state index in [4.69, 9.17) is 4.74 Å². The van der Waals surface area contributed by atoms with Crippen LogP contribution in [0, 0.1) is 0 Å². The van der Waals surface area contributed by atoms with Crippen LogP contribution < -0.4 is 10.1 Å². The van der Waals surface area contributed by atoms with Crippen molar-refractivity contribution in [3.8, 4) is 5.75 Å². The minimum absolute atomic E-state index is 0.0120. The van der Waals surface area contributed by atoms with E-state index in [0.717, 1.165) is 16.9 Å². The van der Waals surface area contributed by atoms with Gasteiger partial charge in [-0.15, -0.1) is 0 Å². The molecule has 3 heteroatoms. The molecule has 1 aromatic carbocycles. The topological polar surface area (TPSA) is 38.3 Å². The first kappa shape index (κ1) is 16.5. The van der Waals surface area contributed by atoms with Gasteiger partial charge in [0.05, 0.1) is 13.5 Å². The van der Waals surface area contributed by atoms with Crippen molar-refractivity contribution in [2.24, 2.45) is 0 Å². The Morgan fingerprint density at radius 2 is 1.75 bits per heavy atom. The highest BCUT2D eigenvalue weighted by atomic mass is 16.5. The van der Waals surface area contributed by atoms with Crippen LogP contribution in [0.25, 0.3) is 0 Å². The van der Waals surface area contributed by atoms with E-state index in [1.807, 2.05) is 32.9 Å². The number of carbonyl (C=O) groups excluding carboxylic acids is 1. The van der Waals surface area contributed by atoms with Crippen LogP contribution in [0.1, 0.15) is 52.7 Å². The summed E-state index contributed by atoms with van der Waals surface area (Å²) in [6.07, 6.45) is 0.393. The smallest absolute Gasteiger partial charge is 0.224 e. The Hall–Kier alpha value is -1.51. The predicted molar refractivity (Wildman–Crippen MR) is 83.3 cm³/mol. The number of nitrogens with one attached hydrogen (secondary N) is 1. The zero-order valence-electron chi connectivity index (χ0n) is 13.8. The molecule has 0 aliphatic heterocycles. The molecule has 1 rings (SSSR count). The minimum atomic E-state index is -0.198. The Labute approximate surface area is 122 Å². The lowest BCUT2D eigenvalue weighted by atomic mass is 9.85. The molecule has 0 spiro atoms. The van der Waals surface area contributed by atoms with E-state index in [0.29, 0.717) is 6.42 Å². The molecule has 1 aromatic rings. The second-order valence-electron chi connectivity index (χ2n) is 7.26. The highest BCUT2D eigenvalue weighted by molar-refractivity contribution is 5.79. The van der Waals surface area contributed by atoms with Gasteiger partial charge >= 0.3 is 0 Å². The SMILES string of the molecule is COc1ccc(CC(=O)NC(C)(C)C)cc1C(C)(C)C. The summed E-state index contributed by atoms with van der Waals surface area (Å²) in [6.45, 7) is 12.4. The molecule has 1 amide bonds. The van der Waals surface area contributed by atoms with E-state index in [9.17, 15) is 4.79 Å². The van der Waals surface area contributed by atoms with Gasteiger partial charge in [0.15, 0.2) is 0 Å². The Balaban J connectivity index is 2.96. The maximum Gasteiger partial charge on any atom is 0.224 e. The molecular weight excluding hydrogens is 250 g/mol. The Morgan fingerprint density at radius 3 is 2.20 bits per heavy atom. The van der Waals surface area contributed by atoms with Gasteiger partial charge in [0.25, 0.3) is 0 Å². The van der Waals surface area contributed by atoms with Crippen molar-refractivity contribution in [2.75, 3.05) is 7.11 Å². The van der Waals surface area contributed by atoms with Crippen LogP contribution in [0.3, 0.4) is 0 Å². The van der Waals surface area contributed by atoms with Gasteiger partial charge in [-0.3, -0.25) is 4.79 Å². The molecule has 3 nitrogen and oxygen atoms in total. The van der Waals surface area contributed by atoms with Gasteiger partial charge in [-0.25, -0.2) is 0 Å². The van der Waals surface area contributed by atoms with Crippen molar-refractivity contribution < 1.29 is 9.53 Å². The third-order valence-corrected chi connectivity index (χ3v) is 2.95. The van der Waals surface area contributed by atoms with Gasteiger partial charge < -0.3 is 10.1 Å². The summed E-state index contributed by atoms with van der Waals surface area (Å²) >= 11 is 0. The summed E-state index contributed by atoms with van der Waals surface area (Å²) in [6, 6.07) is 5.97. The molecule has 0 fully saturated rings. The van der Waals surface area contributed by atoms with Crippen LogP contribution in [-0.2, 0) is 16.6 Å². The molecule has 0 aromatic heterocycles. The maximum atomic E-state index is 12.0. The van der Waals surface area contributed by atoms with E-state index in [-0.39, 0.29) is 16.9 Å². The van der Waals surface area contributed by atoms with Crippen molar-refractivity contribution >= 4 is 5.91 Å². The summed E-state index contributed by atoms with van der Waals surface area (Å²) in [5, 5.41) is 2.98. The van der Waals surface area contributed by atoms with Crippen LogP contribution in [0.5, 0.6) is 5.75 Å². The average Bonchev–Trinajstić information content (AvgIpc) is 2.25.